The average molecular weight is 182 g/mol. The van der Waals surface area contributed by atoms with Crippen molar-refractivity contribution in [3.8, 4) is 0 Å². The van der Waals surface area contributed by atoms with E-state index < -0.39 is 16.5 Å². The molecule has 0 aliphatic rings. The molecule has 0 aliphatic heterocycles. The van der Waals surface area contributed by atoms with Crippen LogP contribution in [0.25, 0.3) is 0 Å². The van der Waals surface area contributed by atoms with Crippen LogP contribution in [0.15, 0.2) is 0 Å². The van der Waals surface area contributed by atoms with Crippen LogP contribution in [0.3, 0.4) is 0 Å². The molecule has 0 amide bonds. The van der Waals surface area contributed by atoms with Gasteiger partial charge in [0.2, 0.25) is 0 Å². The second-order valence-corrected chi connectivity index (χ2v) is 2.08. The zero-order valence-electron chi connectivity index (χ0n) is 3.64. The van der Waals surface area contributed by atoms with Crippen molar-refractivity contribution in [1.29, 1.82) is 0 Å². The third kappa shape index (κ3) is 10.3. The zero-order chi connectivity index (χ0) is 5.86. The topological polar surface area (TPSA) is 89.5 Å². The summed E-state index contributed by atoms with van der Waals surface area (Å²) in [6.07, 6.45) is 0. The molecule has 0 saturated carbocycles. The summed E-state index contributed by atoms with van der Waals surface area (Å²) in [6, 6.07) is 0. The Morgan fingerprint density at radius 2 is 1.38 bits per heavy atom. The summed E-state index contributed by atoms with van der Waals surface area (Å²) < 4.78 is 21.6. The normalized spacial score (nSPS) is 11.8. The average Bonchev–Trinajstić information content (AvgIpc) is 1.27. The Labute approximate surface area is 76.9 Å². The van der Waals surface area contributed by atoms with E-state index in [1.807, 2.05) is 0 Å². The minimum atomic E-state index is -3.24. The minimum absolute atomic E-state index is 0. The van der Waals surface area contributed by atoms with Crippen molar-refractivity contribution in [2.45, 2.75) is 0 Å². The fraction of sp³-hybridized carbons (Fsp3) is 0. The third-order valence-corrected chi connectivity index (χ3v) is 1.20. The van der Waals surface area contributed by atoms with Crippen LogP contribution in [0.5, 0.6) is 0 Å². The van der Waals surface area contributed by atoms with Crippen LogP contribution in [0.2, 0.25) is 0 Å². The van der Waals surface area contributed by atoms with Crippen molar-refractivity contribution in [2.75, 3.05) is 0 Å². The minimum Gasteiger partial charge on any atom is -0.563 e. The molecular weight excluding hydrogens is 182 g/mol. The molecule has 0 radical (unpaired) electrons. The molecule has 40 valence electrons. The van der Waals surface area contributed by atoms with E-state index in [2.05, 4.69) is 4.31 Å². The zero-order valence-corrected chi connectivity index (χ0v) is 7.64. The van der Waals surface area contributed by atoms with Gasteiger partial charge >= 0.3 is 54.2 Å². The van der Waals surface area contributed by atoms with Gasteiger partial charge in [0.05, 0.1) is 0 Å². The van der Waals surface area contributed by atoms with Crippen LogP contribution >= 0.6 is 16.5 Å². The largest absolute Gasteiger partial charge is 2.00 e. The molecule has 0 bridgehead atoms. The van der Waals surface area contributed by atoms with Crippen molar-refractivity contribution in [1.82, 2.24) is 0 Å². The third-order valence-electron chi connectivity index (χ3n) is 0.133. The van der Waals surface area contributed by atoms with E-state index in [9.17, 15) is 18.9 Å². The number of hydrogen-bond acceptors (Lipinski definition) is 5. The Morgan fingerprint density at radius 1 is 1.12 bits per heavy atom. The maximum atomic E-state index is 9.24. The monoisotopic (exact) mass is 182 g/mol. The summed E-state index contributed by atoms with van der Waals surface area (Å²) in [6.45, 7) is 0. The van der Waals surface area contributed by atoms with Gasteiger partial charge < -0.3 is 9.79 Å². The number of rotatable bonds is 2. The molecular formula is CaO5P2+2. The quantitative estimate of drug-likeness (QED) is 0.389. The van der Waals surface area contributed by atoms with Crippen LogP contribution in [0.4, 0.5) is 0 Å². The van der Waals surface area contributed by atoms with Crippen LogP contribution in [0.1, 0.15) is 0 Å². The fourth-order valence-corrected chi connectivity index (χ4v) is 0.490. The predicted molar refractivity (Wildman–Crippen MR) is 22.1 cm³/mol. The Kier molecular flexibility index (Phi) is 9.74. The molecule has 0 fully saturated rings. The van der Waals surface area contributed by atoms with E-state index in [1.165, 1.54) is 0 Å². The summed E-state index contributed by atoms with van der Waals surface area (Å²) in [5.74, 6) is 0. The van der Waals surface area contributed by atoms with Gasteiger partial charge in [0.1, 0.15) is 4.31 Å². The SMILES string of the molecule is O=[P+]([O-])O[P+](=O)[O-].[Ca+2]. The van der Waals surface area contributed by atoms with Gasteiger partial charge in [0.25, 0.3) is 0 Å². The Hall–Kier alpha value is 1.34. The summed E-state index contributed by atoms with van der Waals surface area (Å²) in [7, 11) is -6.47. The first-order valence-electron chi connectivity index (χ1n) is 1.10. The molecule has 2 atom stereocenters. The second kappa shape index (κ2) is 6.46. The molecule has 0 heterocycles. The van der Waals surface area contributed by atoms with Crippen LogP contribution in [-0.4, -0.2) is 37.7 Å². The summed E-state index contributed by atoms with van der Waals surface area (Å²) in [4.78, 5) is 18.5. The first kappa shape index (κ1) is 12.1. The van der Waals surface area contributed by atoms with Gasteiger partial charge in [0.15, 0.2) is 0 Å². The molecule has 0 spiro atoms. The van der Waals surface area contributed by atoms with Crippen LogP contribution in [0, 0.1) is 0 Å². The van der Waals surface area contributed by atoms with E-state index >= 15 is 0 Å². The first-order valence-corrected chi connectivity index (χ1v) is 3.29. The van der Waals surface area contributed by atoms with Crippen molar-refractivity contribution < 1.29 is 23.2 Å². The van der Waals surface area contributed by atoms with Crippen LogP contribution in [-0.2, 0) is 13.4 Å². The first-order chi connectivity index (χ1) is 3.13. The molecule has 8 heteroatoms. The van der Waals surface area contributed by atoms with Gasteiger partial charge in [-0.25, -0.2) is 0 Å². The molecule has 0 aromatic heterocycles. The summed E-state index contributed by atoms with van der Waals surface area (Å²) in [5.41, 5.74) is 0. The molecule has 5 nitrogen and oxygen atoms in total. The maximum absolute atomic E-state index is 9.24. The van der Waals surface area contributed by atoms with Crippen molar-refractivity contribution in [3.05, 3.63) is 0 Å². The predicted octanol–water partition coefficient (Wildman–Crippen LogP) is -1.34. The van der Waals surface area contributed by atoms with E-state index in [-0.39, 0.29) is 37.7 Å². The molecule has 0 aromatic rings. The Morgan fingerprint density at radius 3 is 1.38 bits per heavy atom. The van der Waals surface area contributed by atoms with Gasteiger partial charge in [-0.05, 0) is 9.13 Å². The molecule has 0 rings (SSSR count). The maximum Gasteiger partial charge on any atom is 2.00 e. The van der Waals surface area contributed by atoms with E-state index in [4.69, 9.17) is 0 Å². The molecule has 2 unspecified atom stereocenters. The summed E-state index contributed by atoms with van der Waals surface area (Å²) in [5, 5.41) is 0. The van der Waals surface area contributed by atoms with Crippen LogP contribution < -0.4 is 9.79 Å². The van der Waals surface area contributed by atoms with E-state index in [0.717, 1.165) is 0 Å². The van der Waals surface area contributed by atoms with Gasteiger partial charge in [-0.1, -0.05) is 0 Å². The van der Waals surface area contributed by atoms with Crippen molar-refractivity contribution >= 4 is 54.2 Å². The molecule has 0 saturated heterocycles. The molecule has 0 N–H and O–H groups in total. The second-order valence-electron chi connectivity index (χ2n) is 0.529. The van der Waals surface area contributed by atoms with Gasteiger partial charge in [-0.15, -0.1) is 0 Å². The fourth-order valence-electron chi connectivity index (χ4n) is 0.0544. The van der Waals surface area contributed by atoms with Gasteiger partial charge in [-0.3, -0.25) is 0 Å². The molecule has 0 aliphatic carbocycles. The Bertz CT molecular complexity index is 86.6. The van der Waals surface area contributed by atoms with Crippen molar-refractivity contribution in [3.63, 3.8) is 0 Å². The van der Waals surface area contributed by atoms with Gasteiger partial charge in [0, 0.05) is 0 Å². The van der Waals surface area contributed by atoms with Gasteiger partial charge in [-0.2, -0.15) is 0 Å². The number of hydrogen-bond donors (Lipinski definition) is 0. The van der Waals surface area contributed by atoms with E-state index in [0.29, 0.717) is 0 Å². The molecule has 8 heavy (non-hydrogen) atoms. The Balaban J connectivity index is 0. The van der Waals surface area contributed by atoms with Crippen molar-refractivity contribution in [2.24, 2.45) is 0 Å². The standard InChI is InChI=1S/Ca.O5P2/c;1-6(2)5-7(3)4/q+2;. The molecule has 0 aromatic carbocycles. The summed E-state index contributed by atoms with van der Waals surface area (Å²) >= 11 is 0. The van der Waals surface area contributed by atoms with E-state index in [1.54, 1.807) is 0 Å². The smallest absolute Gasteiger partial charge is 0.563 e.